The summed E-state index contributed by atoms with van der Waals surface area (Å²) in [6, 6.07) is 0. The summed E-state index contributed by atoms with van der Waals surface area (Å²) < 4.78 is 7.41. The molecule has 2 saturated heterocycles. The van der Waals surface area contributed by atoms with Gasteiger partial charge >= 0.3 is 0 Å². The van der Waals surface area contributed by atoms with Crippen molar-refractivity contribution in [3.63, 3.8) is 0 Å². The van der Waals surface area contributed by atoms with Crippen LogP contribution in [0.2, 0.25) is 0 Å². The van der Waals surface area contributed by atoms with E-state index in [0.29, 0.717) is 45.8 Å². The van der Waals surface area contributed by atoms with E-state index >= 15 is 0 Å². The molecule has 138 valence electrons. The van der Waals surface area contributed by atoms with E-state index in [-0.39, 0.29) is 11.8 Å². The number of hydrogen-bond donors (Lipinski definition) is 0. The Morgan fingerprint density at radius 3 is 2.68 bits per heavy atom. The summed E-state index contributed by atoms with van der Waals surface area (Å²) in [7, 11) is 0. The molecule has 8 heteroatoms. The fraction of sp³-hybridized carbons (Fsp3) is 0.765. The molecule has 2 aliphatic rings. The lowest BCUT2D eigenvalue weighted by atomic mass is 10.0. The van der Waals surface area contributed by atoms with Crippen LogP contribution in [0.5, 0.6) is 0 Å². The molecule has 2 aliphatic heterocycles. The van der Waals surface area contributed by atoms with Crippen molar-refractivity contribution >= 4 is 11.8 Å². The monoisotopic (exact) mass is 349 g/mol. The third-order valence-electron chi connectivity index (χ3n) is 5.05. The molecule has 0 radical (unpaired) electrons. The van der Waals surface area contributed by atoms with Gasteiger partial charge in [0, 0.05) is 45.8 Å². The Morgan fingerprint density at radius 1 is 1.16 bits per heavy atom. The van der Waals surface area contributed by atoms with E-state index in [9.17, 15) is 9.59 Å². The standard InChI is InChI=1S/C17H27N5O3/c1-17(6-3-12-25-17)16(24)21-8-4-7-20(10-11-21)15(23)5-2-9-22-14-18-13-19-22/h13-14H,2-12H2,1H3. The van der Waals surface area contributed by atoms with Gasteiger partial charge in [-0.25, -0.2) is 4.98 Å². The number of carbonyl (C=O) groups excluding carboxylic acids is 2. The molecule has 0 N–H and O–H groups in total. The zero-order valence-corrected chi connectivity index (χ0v) is 14.9. The largest absolute Gasteiger partial charge is 0.365 e. The number of ether oxygens (including phenoxy) is 1. The molecule has 2 amide bonds. The highest BCUT2D eigenvalue weighted by Crippen LogP contribution is 2.27. The summed E-state index contributed by atoms with van der Waals surface area (Å²) in [4.78, 5) is 32.8. The quantitative estimate of drug-likeness (QED) is 0.781. The van der Waals surface area contributed by atoms with E-state index < -0.39 is 5.60 Å². The number of aromatic nitrogens is 3. The Kier molecular flexibility index (Phi) is 5.67. The first-order valence-corrected chi connectivity index (χ1v) is 9.12. The molecule has 0 bridgehead atoms. The van der Waals surface area contributed by atoms with E-state index in [4.69, 9.17) is 4.74 Å². The minimum Gasteiger partial charge on any atom is -0.365 e. The molecule has 25 heavy (non-hydrogen) atoms. The summed E-state index contributed by atoms with van der Waals surface area (Å²) >= 11 is 0. The van der Waals surface area contributed by atoms with Crippen LogP contribution in [0.15, 0.2) is 12.7 Å². The van der Waals surface area contributed by atoms with Gasteiger partial charge in [-0.1, -0.05) is 0 Å². The highest BCUT2D eigenvalue weighted by atomic mass is 16.5. The van der Waals surface area contributed by atoms with Crippen LogP contribution < -0.4 is 0 Å². The van der Waals surface area contributed by atoms with Crippen LogP contribution in [0.3, 0.4) is 0 Å². The predicted octanol–water partition coefficient (Wildman–Crippen LogP) is 0.688. The third-order valence-corrected chi connectivity index (χ3v) is 5.05. The highest BCUT2D eigenvalue weighted by molar-refractivity contribution is 5.85. The van der Waals surface area contributed by atoms with Gasteiger partial charge in [-0.3, -0.25) is 14.3 Å². The molecule has 0 saturated carbocycles. The van der Waals surface area contributed by atoms with Gasteiger partial charge in [0.15, 0.2) is 0 Å². The minimum atomic E-state index is -0.670. The maximum absolute atomic E-state index is 12.7. The summed E-state index contributed by atoms with van der Waals surface area (Å²) in [5.74, 6) is 0.225. The number of nitrogens with zero attached hydrogens (tertiary/aromatic N) is 5. The molecular formula is C17H27N5O3. The number of hydrogen-bond acceptors (Lipinski definition) is 5. The maximum Gasteiger partial charge on any atom is 0.254 e. The molecule has 1 unspecified atom stereocenters. The van der Waals surface area contributed by atoms with E-state index in [2.05, 4.69) is 10.1 Å². The van der Waals surface area contributed by atoms with Crippen molar-refractivity contribution in [2.75, 3.05) is 32.8 Å². The third kappa shape index (κ3) is 4.36. The lowest BCUT2D eigenvalue weighted by Gasteiger charge is -2.30. The second-order valence-corrected chi connectivity index (χ2v) is 6.97. The average Bonchev–Trinajstić information content (AvgIpc) is 3.21. The molecule has 0 aliphatic carbocycles. The van der Waals surface area contributed by atoms with Gasteiger partial charge in [0.1, 0.15) is 18.3 Å². The van der Waals surface area contributed by atoms with Crippen molar-refractivity contribution in [1.82, 2.24) is 24.6 Å². The number of carbonyl (C=O) groups is 2. The van der Waals surface area contributed by atoms with Crippen LogP contribution in [0.1, 0.15) is 39.0 Å². The van der Waals surface area contributed by atoms with Gasteiger partial charge < -0.3 is 14.5 Å². The molecule has 8 nitrogen and oxygen atoms in total. The van der Waals surface area contributed by atoms with Gasteiger partial charge in [0.2, 0.25) is 5.91 Å². The maximum atomic E-state index is 12.7. The van der Waals surface area contributed by atoms with Crippen molar-refractivity contribution < 1.29 is 14.3 Å². The normalized spacial score (nSPS) is 24.4. The fourth-order valence-corrected chi connectivity index (χ4v) is 3.55. The number of aryl methyl sites for hydroxylation is 1. The first-order chi connectivity index (χ1) is 12.1. The van der Waals surface area contributed by atoms with Crippen molar-refractivity contribution in [3.8, 4) is 0 Å². The Labute approximate surface area is 148 Å². The molecule has 3 rings (SSSR count). The van der Waals surface area contributed by atoms with E-state index in [1.807, 2.05) is 16.7 Å². The molecule has 1 aromatic rings. The van der Waals surface area contributed by atoms with Crippen LogP contribution in [0, 0.1) is 0 Å². The highest BCUT2D eigenvalue weighted by Gasteiger charge is 2.40. The predicted molar refractivity (Wildman–Crippen MR) is 90.6 cm³/mol. The molecular weight excluding hydrogens is 322 g/mol. The Bertz CT molecular complexity index is 583. The van der Waals surface area contributed by atoms with E-state index in [1.165, 1.54) is 6.33 Å². The lowest BCUT2D eigenvalue weighted by molar-refractivity contribution is -0.151. The first kappa shape index (κ1) is 17.8. The van der Waals surface area contributed by atoms with Crippen molar-refractivity contribution in [2.24, 2.45) is 0 Å². The van der Waals surface area contributed by atoms with Gasteiger partial charge in [0.05, 0.1) is 0 Å². The molecule has 2 fully saturated rings. The summed E-state index contributed by atoms with van der Waals surface area (Å²) in [6.07, 6.45) is 6.93. The zero-order valence-electron chi connectivity index (χ0n) is 14.9. The Balaban J connectivity index is 1.46. The van der Waals surface area contributed by atoms with Gasteiger partial charge in [-0.05, 0) is 32.6 Å². The number of amides is 2. The second-order valence-electron chi connectivity index (χ2n) is 6.97. The van der Waals surface area contributed by atoms with Crippen molar-refractivity contribution in [1.29, 1.82) is 0 Å². The van der Waals surface area contributed by atoms with Crippen LogP contribution in [0.25, 0.3) is 0 Å². The SMILES string of the molecule is CC1(C(=O)N2CCCN(C(=O)CCCn3cncn3)CC2)CCCO1. The lowest BCUT2D eigenvalue weighted by Crippen LogP contribution is -2.48. The van der Waals surface area contributed by atoms with Crippen LogP contribution in [0.4, 0.5) is 0 Å². The van der Waals surface area contributed by atoms with Gasteiger partial charge in [-0.2, -0.15) is 5.10 Å². The second kappa shape index (κ2) is 7.95. The topological polar surface area (TPSA) is 80.6 Å². The van der Waals surface area contributed by atoms with Crippen molar-refractivity contribution in [3.05, 3.63) is 12.7 Å². The molecule has 0 aromatic carbocycles. The minimum absolute atomic E-state index is 0.0745. The number of rotatable bonds is 5. The summed E-state index contributed by atoms with van der Waals surface area (Å²) in [5, 5.41) is 4.04. The molecule has 1 aromatic heterocycles. The van der Waals surface area contributed by atoms with Gasteiger partial charge in [0.25, 0.3) is 5.91 Å². The van der Waals surface area contributed by atoms with Crippen LogP contribution in [-0.2, 0) is 20.9 Å². The molecule has 3 heterocycles. The molecule has 1 atom stereocenters. The molecule has 0 spiro atoms. The zero-order chi connectivity index (χ0) is 17.7. The van der Waals surface area contributed by atoms with E-state index in [1.54, 1.807) is 11.0 Å². The first-order valence-electron chi connectivity index (χ1n) is 9.12. The van der Waals surface area contributed by atoms with E-state index in [0.717, 1.165) is 25.7 Å². The average molecular weight is 349 g/mol. The van der Waals surface area contributed by atoms with Crippen molar-refractivity contribution in [2.45, 2.75) is 51.2 Å². The van der Waals surface area contributed by atoms with Crippen LogP contribution in [-0.4, -0.2) is 74.8 Å². The Hall–Kier alpha value is -1.96. The smallest absolute Gasteiger partial charge is 0.254 e. The fourth-order valence-electron chi connectivity index (χ4n) is 3.55. The Morgan fingerprint density at radius 2 is 1.96 bits per heavy atom. The van der Waals surface area contributed by atoms with Gasteiger partial charge in [-0.15, -0.1) is 0 Å². The summed E-state index contributed by atoms with van der Waals surface area (Å²) in [5.41, 5.74) is -0.670. The summed E-state index contributed by atoms with van der Waals surface area (Å²) in [6.45, 7) is 5.84. The van der Waals surface area contributed by atoms with Crippen LogP contribution >= 0.6 is 0 Å².